The van der Waals surface area contributed by atoms with Crippen LogP contribution in [0.4, 0.5) is 10.1 Å². The average molecular weight is 359 g/mol. The predicted molar refractivity (Wildman–Crippen MR) is 96.9 cm³/mol. The molecule has 2 aromatic carbocycles. The Labute approximate surface area is 152 Å². The normalized spacial score (nSPS) is 10.3. The van der Waals surface area contributed by atoms with E-state index in [1.807, 2.05) is 24.3 Å². The first-order valence-electron chi connectivity index (χ1n) is 8.43. The summed E-state index contributed by atoms with van der Waals surface area (Å²) in [6, 6.07) is 11.2. The second-order valence-electron chi connectivity index (χ2n) is 5.77. The number of carbonyl (C=O) groups is 2. The van der Waals surface area contributed by atoms with Gasteiger partial charge in [0.05, 0.1) is 12.7 Å². The lowest BCUT2D eigenvalue weighted by atomic mass is 10.1. The number of esters is 1. The van der Waals surface area contributed by atoms with E-state index < -0.39 is 24.3 Å². The lowest BCUT2D eigenvalue weighted by Gasteiger charge is -2.08. The molecule has 6 heteroatoms. The Morgan fingerprint density at radius 3 is 2.46 bits per heavy atom. The van der Waals surface area contributed by atoms with Crippen LogP contribution in [0.25, 0.3) is 0 Å². The first kappa shape index (κ1) is 19.4. The van der Waals surface area contributed by atoms with Gasteiger partial charge in [0.25, 0.3) is 5.91 Å². The van der Waals surface area contributed by atoms with Gasteiger partial charge in [0.2, 0.25) is 0 Å². The standard InChI is InChI=1S/C20H22FNO4/c1-3-4-5-14-6-9-16(10-7-14)22-19(23)13-26-20(24)15-8-11-18(25-2)17(21)12-15/h6-12H,3-5,13H2,1-2H3,(H,22,23). The molecule has 0 saturated carbocycles. The largest absolute Gasteiger partial charge is 0.494 e. The van der Waals surface area contributed by atoms with E-state index >= 15 is 0 Å². The molecule has 26 heavy (non-hydrogen) atoms. The topological polar surface area (TPSA) is 64.6 Å². The number of ether oxygens (including phenoxy) is 2. The number of nitrogens with one attached hydrogen (secondary N) is 1. The molecule has 2 rings (SSSR count). The van der Waals surface area contributed by atoms with Crippen molar-refractivity contribution in [3.63, 3.8) is 0 Å². The molecule has 1 N–H and O–H groups in total. The zero-order valence-corrected chi connectivity index (χ0v) is 14.9. The minimum atomic E-state index is -0.781. The first-order valence-corrected chi connectivity index (χ1v) is 8.43. The van der Waals surface area contributed by atoms with Gasteiger partial charge in [0.1, 0.15) is 0 Å². The van der Waals surface area contributed by atoms with Gasteiger partial charge in [0.15, 0.2) is 18.2 Å². The van der Waals surface area contributed by atoms with Crippen LogP contribution in [0.1, 0.15) is 35.7 Å². The summed E-state index contributed by atoms with van der Waals surface area (Å²) in [5.41, 5.74) is 1.84. The van der Waals surface area contributed by atoms with E-state index in [-0.39, 0.29) is 11.3 Å². The second-order valence-corrected chi connectivity index (χ2v) is 5.77. The molecule has 0 spiro atoms. The Morgan fingerprint density at radius 1 is 1.12 bits per heavy atom. The molecule has 0 fully saturated rings. The van der Waals surface area contributed by atoms with Crippen LogP contribution in [0.15, 0.2) is 42.5 Å². The highest BCUT2D eigenvalue weighted by molar-refractivity contribution is 5.95. The van der Waals surface area contributed by atoms with Gasteiger partial charge in [-0.2, -0.15) is 0 Å². The molecular formula is C20H22FNO4. The molecule has 0 saturated heterocycles. The van der Waals surface area contributed by atoms with Crippen LogP contribution in [0.3, 0.4) is 0 Å². The van der Waals surface area contributed by atoms with Gasteiger partial charge in [-0.3, -0.25) is 4.79 Å². The maximum atomic E-state index is 13.6. The van der Waals surface area contributed by atoms with Gasteiger partial charge in [-0.25, -0.2) is 9.18 Å². The SMILES string of the molecule is CCCCc1ccc(NC(=O)COC(=O)c2ccc(OC)c(F)c2)cc1. The summed E-state index contributed by atoms with van der Waals surface area (Å²) in [6.07, 6.45) is 3.25. The molecule has 0 atom stereocenters. The van der Waals surface area contributed by atoms with Gasteiger partial charge < -0.3 is 14.8 Å². The van der Waals surface area contributed by atoms with Crippen molar-refractivity contribution < 1.29 is 23.5 Å². The first-order chi connectivity index (χ1) is 12.5. The van der Waals surface area contributed by atoms with Crippen molar-refractivity contribution in [2.75, 3.05) is 19.0 Å². The van der Waals surface area contributed by atoms with Crippen LogP contribution in [0.5, 0.6) is 5.75 Å². The zero-order chi connectivity index (χ0) is 18.9. The molecule has 0 heterocycles. The Hall–Kier alpha value is -2.89. The summed E-state index contributed by atoms with van der Waals surface area (Å²) in [4.78, 5) is 23.8. The van der Waals surface area contributed by atoms with E-state index in [1.54, 1.807) is 0 Å². The van der Waals surface area contributed by atoms with E-state index in [2.05, 4.69) is 12.2 Å². The van der Waals surface area contributed by atoms with Gasteiger partial charge in [-0.05, 0) is 48.7 Å². The number of methoxy groups -OCH3 is 1. The van der Waals surface area contributed by atoms with Crippen molar-refractivity contribution >= 4 is 17.6 Å². The van der Waals surface area contributed by atoms with E-state index in [0.717, 1.165) is 25.3 Å². The fourth-order valence-electron chi connectivity index (χ4n) is 2.34. The fourth-order valence-corrected chi connectivity index (χ4v) is 2.34. The van der Waals surface area contributed by atoms with Crippen LogP contribution in [-0.4, -0.2) is 25.6 Å². The highest BCUT2D eigenvalue weighted by Crippen LogP contribution is 2.18. The second kappa shape index (κ2) is 9.56. The molecule has 0 unspecified atom stereocenters. The van der Waals surface area contributed by atoms with Gasteiger partial charge in [-0.15, -0.1) is 0 Å². The molecular weight excluding hydrogens is 337 g/mol. The van der Waals surface area contributed by atoms with Crippen LogP contribution < -0.4 is 10.1 Å². The number of amides is 1. The summed E-state index contributed by atoms with van der Waals surface area (Å²) < 4.78 is 23.3. The maximum absolute atomic E-state index is 13.6. The summed E-state index contributed by atoms with van der Waals surface area (Å²) in [7, 11) is 1.33. The fraction of sp³-hybridized carbons (Fsp3) is 0.300. The summed E-state index contributed by atoms with van der Waals surface area (Å²) >= 11 is 0. The molecule has 0 aliphatic heterocycles. The van der Waals surface area contributed by atoms with Crippen LogP contribution in [0, 0.1) is 5.82 Å². The monoisotopic (exact) mass is 359 g/mol. The van der Waals surface area contributed by atoms with Crippen molar-refractivity contribution in [2.45, 2.75) is 26.2 Å². The van der Waals surface area contributed by atoms with Crippen LogP contribution in [-0.2, 0) is 16.0 Å². The molecule has 5 nitrogen and oxygen atoms in total. The van der Waals surface area contributed by atoms with E-state index in [9.17, 15) is 14.0 Å². The third kappa shape index (κ3) is 5.58. The van der Waals surface area contributed by atoms with Crippen molar-refractivity contribution in [3.8, 4) is 5.75 Å². The van der Waals surface area contributed by atoms with Crippen molar-refractivity contribution in [2.24, 2.45) is 0 Å². The molecule has 138 valence electrons. The molecule has 0 aliphatic carbocycles. The molecule has 0 aliphatic rings. The molecule has 2 aromatic rings. The lowest BCUT2D eigenvalue weighted by molar-refractivity contribution is -0.119. The van der Waals surface area contributed by atoms with Crippen molar-refractivity contribution in [1.29, 1.82) is 0 Å². The summed E-state index contributed by atoms with van der Waals surface area (Å²) in [6.45, 7) is 1.68. The Morgan fingerprint density at radius 2 is 1.85 bits per heavy atom. The number of rotatable bonds is 8. The number of hydrogen-bond acceptors (Lipinski definition) is 4. The number of unbranched alkanes of at least 4 members (excludes halogenated alkanes) is 1. The third-order valence-electron chi connectivity index (χ3n) is 3.78. The highest BCUT2D eigenvalue weighted by Gasteiger charge is 2.13. The summed E-state index contributed by atoms with van der Waals surface area (Å²) in [5.74, 6) is -1.89. The Bertz CT molecular complexity index is 759. The number of carbonyl (C=O) groups excluding carboxylic acids is 2. The average Bonchev–Trinajstić information content (AvgIpc) is 2.65. The van der Waals surface area contributed by atoms with E-state index in [0.29, 0.717) is 5.69 Å². The minimum Gasteiger partial charge on any atom is -0.494 e. The zero-order valence-electron chi connectivity index (χ0n) is 14.9. The number of anilines is 1. The number of hydrogen-bond donors (Lipinski definition) is 1. The maximum Gasteiger partial charge on any atom is 0.338 e. The van der Waals surface area contributed by atoms with Crippen molar-refractivity contribution in [3.05, 3.63) is 59.4 Å². The highest BCUT2D eigenvalue weighted by atomic mass is 19.1. The van der Waals surface area contributed by atoms with Crippen LogP contribution >= 0.6 is 0 Å². The number of benzene rings is 2. The quantitative estimate of drug-likeness (QED) is 0.724. The minimum absolute atomic E-state index is 0.0105. The third-order valence-corrected chi connectivity index (χ3v) is 3.78. The lowest BCUT2D eigenvalue weighted by Crippen LogP contribution is -2.21. The number of halogens is 1. The van der Waals surface area contributed by atoms with Gasteiger partial charge >= 0.3 is 5.97 Å². The Kier molecular flexibility index (Phi) is 7.14. The predicted octanol–water partition coefficient (Wildman–Crippen LogP) is 3.97. The van der Waals surface area contributed by atoms with Crippen LogP contribution in [0.2, 0.25) is 0 Å². The van der Waals surface area contributed by atoms with Gasteiger partial charge in [0, 0.05) is 5.69 Å². The molecule has 0 bridgehead atoms. The smallest absolute Gasteiger partial charge is 0.338 e. The number of aryl methyl sites for hydroxylation is 1. The molecule has 0 radical (unpaired) electrons. The van der Waals surface area contributed by atoms with Gasteiger partial charge in [-0.1, -0.05) is 25.5 Å². The van der Waals surface area contributed by atoms with Crippen molar-refractivity contribution in [1.82, 2.24) is 0 Å². The molecule has 1 amide bonds. The van der Waals surface area contributed by atoms with E-state index in [1.165, 1.54) is 24.8 Å². The Balaban J connectivity index is 1.84. The van der Waals surface area contributed by atoms with E-state index in [4.69, 9.17) is 9.47 Å². The molecule has 0 aromatic heterocycles. The summed E-state index contributed by atoms with van der Waals surface area (Å²) in [5, 5.41) is 2.65.